The van der Waals surface area contributed by atoms with Gasteiger partial charge in [-0.05, 0) is 13.0 Å². The highest BCUT2D eigenvalue weighted by Gasteiger charge is 2.21. The number of anilines is 1. The number of nitrogen functional groups attached to an aromatic ring is 1. The van der Waals surface area contributed by atoms with E-state index in [2.05, 4.69) is 20.4 Å². The van der Waals surface area contributed by atoms with E-state index < -0.39 is 16.5 Å². The van der Waals surface area contributed by atoms with Gasteiger partial charge in [-0.15, -0.1) is 0 Å². The zero-order chi connectivity index (χ0) is 15.4. The van der Waals surface area contributed by atoms with Gasteiger partial charge in [0, 0.05) is 13.0 Å². The molecule has 0 fully saturated rings. The lowest BCUT2D eigenvalue weighted by Crippen LogP contribution is -2.26. The summed E-state index contributed by atoms with van der Waals surface area (Å²) < 4.78 is 4.88. The SMILES string of the molecule is Cc1noc(CCNC(=O)c2cc(N)ncc2[N+](=O)[O-])n1. The fourth-order valence-corrected chi connectivity index (χ4v) is 1.61. The number of nitrogens with zero attached hydrogens (tertiary/aromatic N) is 4. The highest BCUT2D eigenvalue weighted by atomic mass is 16.6. The van der Waals surface area contributed by atoms with Gasteiger partial charge in [0.15, 0.2) is 5.82 Å². The normalized spacial score (nSPS) is 10.3. The number of nitrogens with one attached hydrogen (secondary N) is 1. The predicted octanol–water partition coefficient (Wildman–Crippen LogP) is 0.236. The fraction of sp³-hybridized carbons (Fsp3) is 0.273. The van der Waals surface area contributed by atoms with Gasteiger partial charge >= 0.3 is 0 Å². The molecule has 21 heavy (non-hydrogen) atoms. The molecule has 0 spiro atoms. The molecule has 0 saturated heterocycles. The summed E-state index contributed by atoms with van der Waals surface area (Å²) in [6.45, 7) is 1.87. The molecule has 2 heterocycles. The van der Waals surface area contributed by atoms with Crippen LogP contribution in [0.15, 0.2) is 16.8 Å². The Morgan fingerprint density at radius 1 is 1.57 bits per heavy atom. The summed E-state index contributed by atoms with van der Waals surface area (Å²) in [5, 5.41) is 17.0. The van der Waals surface area contributed by atoms with Crippen molar-refractivity contribution in [2.75, 3.05) is 12.3 Å². The average Bonchev–Trinajstić information content (AvgIpc) is 2.84. The molecule has 3 N–H and O–H groups in total. The number of nitro groups is 1. The molecule has 0 aliphatic rings. The lowest BCUT2D eigenvalue weighted by molar-refractivity contribution is -0.385. The molecule has 0 radical (unpaired) electrons. The molecule has 10 heteroatoms. The Labute approximate surface area is 118 Å². The second-order valence-corrected chi connectivity index (χ2v) is 4.12. The third-order valence-corrected chi connectivity index (χ3v) is 2.54. The maximum Gasteiger partial charge on any atom is 0.300 e. The second-order valence-electron chi connectivity index (χ2n) is 4.12. The Kier molecular flexibility index (Phi) is 4.07. The summed E-state index contributed by atoms with van der Waals surface area (Å²) in [4.78, 5) is 29.7. The highest BCUT2D eigenvalue weighted by molar-refractivity contribution is 5.98. The molecule has 2 aromatic heterocycles. The average molecular weight is 292 g/mol. The Morgan fingerprint density at radius 2 is 2.33 bits per heavy atom. The van der Waals surface area contributed by atoms with Crippen LogP contribution in [-0.4, -0.2) is 32.5 Å². The van der Waals surface area contributed by atoms with E-state index in [-0.39, 0.29) is 17.9 Å². The van der Waals surface area contributed by atoms with Crippen LogP contribution in [0.5, 0.6) is 0 Å². The number of pyridine rings is 1. The number of aromatic nitrogens is 3. The van der Waals surface area contributed by atoms with Gasteiger partial charge in [0.05, 0.1) is 4.92 Å². The summed E-state index contributed by atoms with van der Waals surface area (Å²) >= 11 is 0. The van der Waals surface area contributed by atoms with E-state index in [4.69, 9.17) is 10.3 Å². The van der Waals surface area contributed by atoms with E-state index in [1.54, 1.807) is 6.92 Å². The van der Waals surface area contributed by atoms with Gasteiger partial charge in [-0.25, -0.2) is 4.98 Å². The van der Waals surface area contributed by atoms with Crippen molar-refractivity contribution in [2.24, 2.45) is 0 Å². The molecule has 0 saturated carbocycles. The maximum absolute atomic E-state index is 12.0. The van der Waals surface area contributed by atoms with Crippen LogP contribution in [0.1, 0.15) is 22.1 Å². The van der Waals surface area contributed by atoms with Crippen molar-refractivity contribution in [3.8, 4) is 0 Å². The number of carbonyl (C=O) groups excluding carboxylic acids is 1. The van der Waals surface area contributed by atoms with E-state index in [0.717, 1.165) is 12.3 Å². The fourth-order valence-electron chi connectivity index (χ4n) is 1.61. The second kappa shape index (κ2) is 5.94. The van der Waals surface area contributed by atoms with Crippen LogP contribution < -0.4 is 11.1 Å². The summed E-state index contributed by atoms with van der Waals surface area (Å²) in [5.74, 6) is 0.274. The standard InChI is InChI=1S/C11H12N6O4/c1-6-15-10(21-16-6)2-3-13-11(18)7-4-9(12)14-5-8(7)17(19)20/h4-5H,2-3H2,1H3,(H2,12,14)(H,13,18). The van der Waals surface area contributed by atoms with Gasteiger partial charge in [0.25, 0.3) is 11.6 Å². The molecule has 2 rings (SSSR count). The zero-order valence-corrected chi connectivity index (χ0v) is 11.1. The van der Waals surface area contributed by atoms with Gasteiger partial charge in [-0.3, -0.25) is 14.9 Å². The van der Waals surface area contributed by atoms with Gasteiger partial charge in [-0.2, -0.15) is 4.98 Å². The molecule has 2 aromatic rings. The van der Waals surface area contributed by atoms with Crippen molar-refractivity contribution in [3.05, 3.63) is 39.7 Å². The molecule has 0 aromatic carbocycles. The Bertz CT molecular complexity index is 683. The molecule has 10 nitrogen and oxygen atoms in total. The smallest absolute Gasteiger partial charge is 0.300 e. The first kappa shape index (κ1) is 14.4. The van der Waals surface area contributed by atoms with Crippen LogP contribution in [0.25, 0.3) is 0 Å². The number of nitrogens with two attached hydrogens (primary N) is 1. The predicted molar refractivity (Wildman–Crippen MR) is 70.4 cm³/mol. The third kappa shape index (κ3) is 3.49. The molecular weight excluding hydrogens is 280 g/mol. The van der Waals surface area contributed by atoms with Crippen LogP contribution in [-0.2, 0) is 6.42 Å². The number of carbonyl (C=O) groups is 1. The Morgan fingerprint density at radius 3 is 2.95 bits per heavy atom. The molecule has 0 aliphatic carbocycles. The van der Waals surface area contributed by atoms with Gasteiger partial charge in [0.1, 0.15) is 17.6 Å². The van der Waals surface area contributed by atoms with Crippen LogP contribution in [0.2, 0.25) is 0 Å². The summed E-state index contributed by atoms with van der Waals surface area (Å²) in [6, 6.07) is 1.16. The zero-order valence-electron chi connectivity index (χ0n) is 11.1. The van der Waals surface area contributed by atoms with E-state index in [1.807, 2.05) is 0 Å². The van der Waals surface area contributed by atoms with Crippen LogP contribution >= 0.6 is 0 Å². The molecule has 1 amide bonds. The lowest BCUT2D eigenvalue weighted by Gasteiger charge is -2.04. The van der Waals surface area contributed by atoms with Crippen molar-refractivity contribution < 1.29 is 14.2 Å². The first-order valence-electron chi connectivity index (χ1n) is 5.94. The van der Waals surface area contributed by atoms with Gasteiger partial charge in [-0.1, -0.05) is 5.16 Å². The Balaban J connectivity index is 2.03. The highest BCUT2D eigenvalue weighted by Crippen LogP contribution is 2.18. The van der Waals surface area contributed by atoms with Crippen molar-refractivity contribution in [2.45, 2.75) is 13.3 Å². The van der Waals surface area contributed by atoms with E-state index in [0.29, 0.717) is 18.1 Å². The van der Waals surface area contributed by atoms with Crippen LogP contribution in [0.3, 0.4) is 0 Å². The monoisotopic (exact) mass is 292 g/mol. The summed E-state index contributed by atoms with van der Waals surface area (Å²) in [5.41, 5.74) is 4.89. The van der Waals surface area contributed by atoms with E-state index >= 15 is 0 Å². The summed E-state index contributed by atoms with van der Waals surface area (Å²) in [7, 11) is 0. The number of aryl methyl sites for hydroxylation is 1. The molecular formula is C11H12N6O4. The summed E-state index contributed by atoms with van der Waals surface area (Å²) in [6.07, 6.45) is 1.27. The number of rotatable bonds is 5. The third-order valence-electron chi connectivity index (χ3n) is 2.54. The van der Waals surface area contributed by atoms with Crippen molar-refractivity contribution >= 4 is 17.4 Å². The molecule has 0 atom stereocenters. The largest absolute Gasteiger partial charge is 0.384 e. The van der Waals surface area contributed by atoms with E-state index in [1.165, 1.54) is 0 Å². The minimum Gasteiger partial charge on any atom is -0.384 e. The first-order valence-corrected chi connectivity index (χ1v) is 5.94. The topological polar surface area (TPSA) is 150 Å². The van der Waals surface area contributed by atoms with Crippen molar-refractivity contribution in [1.29, 1.82) is 0 Å². The molecule has 0 bridgehead atoms. The number of hydrogen-bond acceptors (Lipinski definition) is 8. The minimum atomic E-state index is -0.692. The first-order chi connectivity index (χ1) is 9.97. The molecule has 0 unspecified atom stereocenters. The quantitative estimate of drug-likeness (QED) is 0.587. The molecule has 110 valence electrons. The lowest BCUT2D eigenvalue weighted by atomic mass is 10.2. The van der Waals surface area contributed by atoms with Crippen LogP contribution in [0.4, 0.5) is 11.5 Å². The van der Waals surface area contributed by atoms with Crippen LogP contribution in [0, 0.1) is 17.0 Å². The Hall–Kier alpha value is -3.04. The number of hydrogen-bond donors (Lipinski definition) is 2. The van der Waals surface area contributed by atoms with Gasteiger partial charge in [0.2, 0.25) is 5.89 Å². The van der Waals surface area contributed by atoms with Crippen molar-refractivity contribution in [3.63, 3.8) is 0 Å². The van der Waals surface area contributed by atoms with Gasteiger partial charge < -0.3 is 15.6 Å². The maximum atomic E-state index is 12.0. The molecule has 0 aliphatic heterocycles. The number of amides is 1. The van der Waals surface area contributed by atoms with Crippen molar-refractivity contribution in [1.82, 2.24) is 20.4 Å². The minimum absolute atomic E-state index is 0.0262. The van der Waals surface area contributed by atoms with E-state index in [9.17, 15) is 14.9 Å².